The zero-order chi connectivity index (χ0) is 20.3. The maximum Gasteiger partial charge on any atom is 0.398 e. The van der Waals surface area contributed by atoms with E-state index in [1.54, 1.807) is 0 Å². The van der Waals surface area contributed by atoms with E-state index in [1.165, 1.54) is 35.2 Å². The minimum Gasteiger partial charge on any atom is -0.298 e. The smallest absolute Gasteiger partial charge is 0.298 e. The van der Waals surface area contributed by atoms with Gasteiger partial charge in [-0.15, -0.1) is 11.3 Å². The fourth-order valence-electron chi connectivity index (χ4n) is 2.36. The van der Waals surface area contributed by atoms with Gasteiger partial charge in [0.15, 0.2) is 5.13 Å². The zero-order valence-electron chi connectivity index (χ0n) is 15.0. The lowest BCUT2D eigenvalue weighted by Crippen LogP contribution is -2.15. The highest BCUT2D eigenvalue weighted by Crippen LogP contribution is 2.30. The Labute approximate surface area is 168 Å². The molecule has 3 aromatic rings. The van der Waals surface area contributed by atoms with E-state index >= 15 is 0 Å². The number of hydrogen-bond donors (Lipinski definition) is 1. The van der Waals surface area contributed by atoms with Crippen molar-refractivity contribution < 1.29 is 18.0 Å². The largest absolute Gasteiger partial charge is 0.398 e. The Kier molecular flexibility index (Phi) is 6.04. The highest BCUT2D eigenvalue weighted by atomic mass is 32.2. The molecule has 2 heterocycles. The second-order valence-electron chi connectivity index (χ2n) is 6.05. The number of carbonyl (C=O) groups is 1. The highest BCUT2D eigenvalue weighted by Gasteiger charge is 2.28. The molecule has 0 saturated carbocycles. The lowest BCUT2D eigenvalue weighted by molar-refractivity contribution is -0.105. The molecule has 0 spiro atoms. The molecule has 0 aliphatic carbocycles. The average Bonchev–Trinajstić information content (AvgIpc) is 3.10. The summed E-state index contributed by atoms with van der Waals surface area (Å²) in [6.07, 6.45) is -2.98. The van der Waals surface area contributed by atoms with Crippen LogP contribution >= 0.6 is 23.1 Å². The minimum atomic E-state index is -4.34. The van der Waals surface area contributed by atoms with Gasteiger partial charge in [0.25, 0.3) is 5.91 Å². The van der Waals surface area contributed by atoms with Gasteiger partial charge >= 0.3 is 6.18 Å². The molecule has 0 unspecified atom stereocenters. The number of benzene rings is 1. The van der Waals surface area contributed by atoms with Crippen molar-refractivity contribution in [3.63, 3.8) is 0 Å². The van der Waals surface area contributed by atoms with Crippen molar-refractivity contribution in [2.45, 2.75) is 25.0 Å². The fourth-order valence-corrected chi connectivity index (χ4v) is 3.82. The molecule has 1 N–H and O–H groups in total. The van der Waals surface area contributed by atoms with Crippen molar-refractivity contribution in [1.82, 2.24) is 9.97 Å². The number of aromatic nitrogens is 2. The van der Waals surface area contributed by atoms with E-state index in [0.717, 1.165) is 16.8 Å². The second-order valence-corrected chi connectivity index (χ2v) is 7.87. The number of hydrogen-bond acceptors (Lipinski definition) is 5. The van der Waals surface area contributed by atoms with E-state index in [4.69, 9.17) is 0 Å². The van der Waals surface area contributed by atoms with Crippen LogP contribution in [0.5, 0.6) is 0 Å². The number of anilines is 1. The van der Waals surface area contributed by atoms with Crippen molar-refractivity contribution in [2.24, 2.45) is 0 Å². The monoisotopic (exact) mass is 423 g/mol. The number of carbonyl (C=O) groups excluding carboxylic acids is 1. The normalized spacial score (nSPS) is 11.5. The zero-order valence-corrected chi connectivity index (χ0v) is 16.6. The van der Waals surface area contributed by atoms with Crippen LogP contribution < -0.4 is 5.32 Å². The number of pyridine rings is 1. The minimum absolute atomic E-state index is 0.0308. The Morgan fingerprint density at radius 1 is 1.21 bits per heavy atom. The van der Waals surface area contributed by atoms with Crippen LogP contribution in [0, 0.1) is 13.8 Å². The van der Waals surface area contributed by atoms with Gasteiger partial charge in [-0.1, -0.05) is 23.9 Å². The molecule has 0 fully saturated rings. The van der Waals surface area contributed by atoms with Crippen molar-refractivity contribution in [2.75, 3.05) is 11.1 Å². The predicted octanol–water partition coefficient (Wildman–Crippen LogP) is 5.73. The molecule has 3 rings (SSSR count). The number of aryl methyl sites for hydroxylation is 2. The first kappa shape index (κ1) is 20.3. The van der Waals surface area contributed by atoms with Crippen LogP contribution in [-0.2, 0) is 0 Å². The third-order valence-corrected chi connectivity index (χ3v) is 5.74. The number of halogens is 3. The number of alkyl halides is 3. The van der Waals surface area contributed by atoms with Crippen LogP contribution in [0.2, 0.25) is 0 Å². The maximum atomic E-state index is 12.5. The molecular formula is C19H16F3N3OS2. The van der Waals surface area contributed by atoms with Gasteiger partial charge in [-0.05, 0) is 43.2 Å². The summed E-state index contributed by atoms with van der Waals surface area (Å²) in [4.78, 5) is 20.8. The lowest BCUT2D eigenvalue weighted by Gasteiger charge is -2.09. The molecule has 2 aromatic heterocycles. The number of rotatable bonds is 5. The van der Waals surface area contributed by atoms with Gasteiger partial charge in [-0.3, -0.25) is 10.1 Å². The van der Waals surface area contributed by atoms with Gasteiger partial charge < -0.3 is 0 Å². The Morgan fingerprint density at radius 2 is 2.00 bits per heavy atom. The molecular weight excluding hydrogens is 407 g/mol. The van der Waals surface area contributed by atoms with E-state index in [0.29, 0.717) is 16.9 Å². The quantitative estimate of drug-likeness (QED) is 0.533. The molecule has 1 aromatic carbocycles. The van der Waals surface area contributed by atoms with Crippen molar-refractivity contribution in [1.29, 1.82) is 0 Å². The summed E-state index contributed by atoms with van der Waals surface area (Å²) in [6, 6.07) is 8.93. The molecule has 28 heavy (non-hydrogen) atoms. The highest BCUT2D eigenvalue weighted by molar-refractivity contribution is 7.99. The Balaban J connectivity index is 1.75. The van der Waals surface area contributed by atoms with Gasteiger partial charge in [0, 0.05) is 17.1 Å². The third-order valence-electron chi connectivity index (χ3n) is 3.92. The van der Waals surface area contributed by atoms with Crippen LogP contribution in [0.4, 0.5) is 18.3 Å². The summed E-state index contributed by atoms with van der Waals surface area (Å²) in [7, 11) is 0. The summed E-state index contributed by atoms with van der Waals surface area (Å²) >= 11 is 1.73. The van der Waals surface area contributed by atoms with Gasteiger partial charge in [-0.25, -0.2) is 9.97 Å². The van der Waals surface area contributed by atoms with Gasteiger partial charge in [-0.2, -0.15) is 13.2 Å². The first-order valence-corrected chi connectivity index (χ1v) is 10.1. The van der Waals surface area contributed by atoms with E-state index in [1.807, 2.05) is 37.4 Å². The molecule has 0 aliphatic heterocycles. The van der Waals surface area contributed by atoms with E-state index in [-0.39, 0.29) is 10.6 Å². The summed E-state index contributed by atoms with van der Waals surface area (Å²) < 4.78 is 37.4. The first-order valence-electron chi connectivity index (χ1n) is 8.22. The fraction of sp³-hybridized carbons (Fsp3) is 0.211. The van der Waals surface area contributed by atoms with Gasteiger partial charge in [0.1, 0.15) is 5.03 Å². The van der Waals surface area contributed by atoms with Crippen molar-refractivity contribution >= 4 is 34.1 Å². The van der Waals surface area contributed by atoms with E-state index < -0.39 is 17.8 Å². The number of thiazole rings is 1. The standard InChI is InChI=1S/C19H16F3N3OS2/c1-11-5-6-13(8-12(11)2)15-9-27-18(24-15)25-16(26)14-4-3-7-23-17(14)28-10-19(20,21)22/h3-9H,10H2,1-2H3,(H,24,25,26). The van der Waals surface area contributed by atoms with Crippen molar-refractivity contribution in [3.05, 3.63) is 58.6 Å². The van der Waals surface area contributed by atoms with E-state index in [9.17, 15) is 18.0 Å². The molecule has 0 bridgehead atoms. The summed E-state index contributed by atoms with van der Waals surface area (Å²) in [5, 5.41) is 4.87. The topological polar surface area (TPSA) is 54.9 Å². The summed E-state index contributed by atoms with van der Waals surface area (Å²) in [6.45, 7) is 4.03. The first-order chi connectivity index (χ1) is 13.2. The lowest BCUT2D eigenvalue weighted by atomic mass is 10.1. The number of amides is 1. The van der Waals surface area contributed by atoms with Crippen molar-refractivity contribution in [3.8, 4) is 11.3 Å². The molecule has 0 atom stereocenters. The summed E-state index contributed by atoms with van der Waals surface area (Å²) in [5.41, 5.74) is 4.05. The Morgan fingerprint density at radius 3 is 2.71 bits per heavy atom. The average molecular weight is 423 g/mol. The van der Waals surface area contributed by atoms with Crippen LogP contribution in [0.15, 0.2) is 46.9 Å². The van der Waals surface area contributed by atoms with Gasteiger partial charge in [0.05, 0.1) is 17.0 Å². The summed E-state index contributed by atoms with van der Waals surface area (Å²) in [5.74, 6) is -1.66. The van der Waals surface area contributed by atoms with E-state index in [2.05, 4.69) is 15.3 Å². The molecule has 9 heteroatoms. The maximum absolute atomic E-state index is 12.5. The number of nitrogens with zero attached hydrogens (tertiary/aromatic N) is 2. The molecule has 1 amide bonds. The number of nitrogens with one attached hydrogen (secondary N) is 1. The SMILES string of the molecule is Cc1ccc(-c2csc(NC(=O)c3cccnc3SCC(F)(F)F)n2)cc1C. The Bertz CT molecular complexity index is 1000. The van der Waals surface area contributed by atoms with Crippen LogP contribution in [-0.4, -0.2) is 27.8 Å². The van der Waals surface area contributed by atoms with Crippen LogP contribution in [0.25, 0.3) is 11.3 Å². The van der Waals surface area contributed by atoms with Gasteiger partial charge in [0.2, 0.25) is 0 Å². The Hall–Kier alpha value is -2.39. The van der Waals surface area contributed by atoms with Crippen LogP contribution in [0.1, 0.15) is 21.5 Å². The second kappa shape index (κ2) is 8.32. The third kappa shape index (κ3) is 5.11. The number of thioether (sulfide) groups is 1. The molecule has 0 aliphatic rings. The molecule has 0 radical (unpaired) electrons. The predicted molar refractivity (Wildman–Crippen MR) is 106 cm³/mol. The van der Waals surface area contributed by atoms with Crippen LogP contribution in [0.3, 0.4) is 0 Å². The molecule has 146 valence electrons. The molecule has 4 nitrogen and oxygen atoms in total. The molecule has 0 saturated heterocycles.